The number of carbonyl (C=O) groups is 1. The number of hydrogen-bond acceptors (Lipinski definition) is 4. The highest BCUT2D eigenvalue weighted by atomic mass is 35.5. The highest BCUT2D eigenvalue weighted by Gasteiger charge is 2.37. The summed E-state index contributed by atoms with van der Waals surface area (Å²) in [7, 11) is 0. The van der Waals surface area contributed by atoms with E-state index in [0.29, 0.717) is 35.7 Å². The molecule has 0 radical (unpaired) electrons. The molecule has 1 saturated heterocycles. The molecule has 1 amide bonds. The maximum atomic E-state index is 12.4. The minimum Gasteiger partial charge on any atom is -0.339 e. The number of likely N-dealkylation sites (tertiary alicyclic amines) is 1. The topological polar surface area (TPSA) is 59.2 Å². The molecule has 1 aliphatic heterocycles. The predicted octanol–water partition coefficient (Wildman–Crippen LogP) is 4.04. The van der Waals surface area contributed by atoms with E-state index in [1.807, 2.05) is 17.0 Å². The summed E-state index contributed by atoms with van der Waals surface area (Å²) < 4.78 is 5.38. The Morgan fingerprint density at radius 1 is 1.21 bits per heavy atom. The monoisotopic (exact) mass is 345 g/mol. The molecule has 24 heavy (non-hydrogen) atoms. The van der Waals surface area contributed by atoms with Crippen LogP contribution >= 0.6 is 11.6 Å². The Balaban J connectivity index is 1.50. The van der Waals surface area contributed by atoms with E-state index in [9.17, 15) is 4.79 Å². The van der Waals surface area contributed by atoms with Crippen LogP contribution in [0.3, 0.4) is 0 Å². The summed E-state index contributed by atoms with van der Waals surface area (Å²) in [5.74, 6) is 1.32. The van der Waals surface area contributed by atoms with Crippen LogP contribution in [0.5, 0.6) is 0 Å². The van der Waals surface area contributed by atoms with Crippen molar-refractivity contribution < 1.29 is 9.32 Å². The Labute approximate surface area is 146 Å². The van der Waals surface area contributed by atoms with Crippen LogP contribution in [0, 0.1) is 0 Å². The summed E-state index contributed by atoms with van der Waals surface area (Å²) in [5.41, 5.74) is 0.801. The van der Waals surface area contributed by atoms with Crippen LogP contribution in [0.15, 0.2) is 28.8 Å². The van der Waals surface area contributed by atoms with Crippen LogP contribution in [0.1, 0.15) is 50.3 Å². The zero-order chi connectivity index (χ0) is 16.5. The lowest BCUT2D eigenvalue weighted by atomic mass is 9.94. The number of nitrogens with zero attached hydrogens (tertiary/aromatic N) is 3. The molecule has 0 N–H and O–H groups in total. The fourth-order valence-electron chi connectivity index (χ4n) is 3.79. The molecule has 1 atom stereocenters. The highest BCUT2D eigenvalue weighted by Crippen LogP contribution is 2.33. The molecular weight excluding hydrogens is 326 g/mol. The zero-order valence-electron chi connectivity index (χ0n) is 13.4. The van der Waals surface area contributed by atoms with Gasteiger partial charge in [-0.15, -0.1) is 0 Å². The van der Waals surface area contributed by atoms with Crippen molar-refractivity contribution in [2.45, 2.75) is 50.5 Å². The third kappa shape index (κ3) is 3.05. The maximum absolute atomic E-state index is 12.4. The van der Waals surface area contributed by atoms with E-state index in [1.165, 1.54) is 19.3 Å². The molecule has 1 aromatic heterocycles. The number of amides is 1. The molecule has 4 rings (SSSR count). The average molecular weight is 346 g/mol. The Kier molecular flexibility index (Phi) is 4.27. The fourth-order valence-corrected chi connectivity index (χ4v) is 3.98. The summed E-state index contributed by atoms with van der Waals surface area (Å²) >= 11 is 6.01. The van der Waals surface area contributed by atoms with Crippen molar-refractivity contribution >= 4 is 17.5 Å². The first kappa shape index (κ1) is 15.6. The number of rotatable bonds is 3. The molecule has 0 spiro atoms. The van der Waals surface area contributed by atoms with E-state index < -0.39 is 0 Å². The van der Waals surface area contributed by atoms with Gasteiger partial charge < -0.3 is 9.42 Å². The molecule has 1 unspecified atom stereocenters. The molecule has 0 bridgehead atoms. The second-order valence-electron chi connectivity index (χ2n) is 6.71. The Morgan fingerprint density at radius 3 is 2.83 bits per heavy atom. The summed E-state index contributed by atoms with van der Waals surface area (Å²) in [6, 6.07) is 7.74. The summed E-state index contributed by atoms with van der Waals surface area (Å²) in [6.07, 6.45) is 6.46. The van der Waals surface area contributed by atoms with Crippen molar-refractivity contribution in [1.82, 2.24) is 15.0 Å². The molecule has 126 valence electrons. The number of benzene rings is 1. The van der Waals surface area contributed by atoms with E-state index in [-0.39, 0.29) is 11.8 Å². The van der Waals surface area contributed by atoms with Crippen molar-refractivity contribution in [1.29, 1.82) is 0 Å². The summed E-state index contributed by atoms with van der Waals surface area (Å²) in [5, 5.41) is 4.74. The minimum absolute atomic E-state index is 0.0242. The number of aromatic nitrogens is 2. The number of carbonyl (C=O) groups excluding carboxylic acids is 1. The van der Waals surface area contributed by atoms with Gasteiger partial charge in [0.2, 0.25) is 5.91 Å². The van der Waals surface area contributed by atoms with Gasteiger partial charge in [0.25, 0.3) is 5.89 Å². The first-order valence-electron chi connectivity index (χ1n) is 8.60. The van der Waals surface area contributed by atoms with Gasteiger partial charge in [0, 0.05) is 35.5 Å². The van der Waals surface area contributed by atoms with Gasteiger partial charge in [-0.1, -0.05) is 42.1 Å². The Morgan fingerprint density at radius 2 is 2.04 bits per heavy atom. The van der Waals surface area contributed by atoms with E-state index in [4.69, 9.17) is 16.1 Å². The first-order chi connectivity index (χ1) is 11.7. The third-order valence-corrected chi connectivity index (χ3v) is 5.29. The van der Waals surface area contributed by atoms with E-state index in [2.05, 4.69) is 10.1 Å². The van der Waals surface area contributed by atoms with Crippen LogP contribution in [-0.2, 0) is 4.79 Å². The SMILES string of the molecule is O=C1CC(c2noc(-c3cccc(Cl)c3)n2)CN1C1CCCCC1. The molecule has 1 aromatic carbocycles. The lowest BCUT2D eigenvalue weighted by molar-refractivity contribution is -0.130. The molecule has 6 heteroatoms. The van der Waals surface area contributed by atoms with Crippen molar-refractivity contribution in [3.8, 4) is 11.5 Å². The van der Waals surface area contributed by atoms with Crippen molar-refractivity contribution in [2.75, 3.05) is 6.54 Å². The van der Waals surface area contributed by atoms with Gasteiger partial charge in [-0.25, -0.2) is 0 Å². The Bertz CT molecular complexity index is 739. The average Bonchev–Trinajstić information content (AvgIpc) is 3.22. The summed E-state index contributed by atoms with van der Waals surface area (Å²) in [4.78, 5) is 18.9. The van der Waals surface area contributed by atoms with Gasteiger partial charge in [0.05, 0.1) is 0 Å². The maximum Gasteiger partial charge on any atom is 0.257 e. The van der Waals surface area contributed by atoms with Crippen LogP contribution < -0.4 is 0 Å². The predicted molar refractivity (Wildman–Crippen MR) is 90.7 cm³/mol. The minimum atomic E-state index is 0.0242. The standard InChI is InChI=1S/C18H20ClN3O2/c19-14-6-4-5-12(9-14)18-20-17(21-24-18)13-10-16(23)22(11-13)15-7-2-1-3-8-15/h4-6,9,13,15H,1-3,7-8,10-11H2. The zero-order valence-corrected chi connectivity index (χ0v) is 14.2. The summed E-state index contributed by atoms with van der Waals surface area (Å²) in [6.45, 7) is 0.706. The van der Waals surface area contributed by atoms with Gasteiger partial charge in [0.1, 0.15) is 0 Å². The Hall–Kier alpha value is -1.88. The van der Waals surface area contributed by atoms with Gasteiger partial charge in [-0.2, -0.15) is 4.98 Å². The number of hydrogen-bond donors (Lipinski definition) is 0. The van der Waals surface area contributed by atoms with Crippen molar-refractivity contribution in [2.24, 2.45) is 0 Å². The second kappa shape index (κ2) is 6.55. The molecule has 1 aliphatic carbocycles. The lowest BCUT2D eigenvalue weighted by Gasteiger charge is -2.31. The number of halogens is 1. The van der Waals surface area contributed by atoms with Crippen LogP contribution in [-0.4, -0.2) is 33.5 Å². The molecule has 2 heterocycles. The third-order valence-electron chi connectivity index (χ3n) is 5.05. The van der Waals surface area contributed by atoms with E-state index in [1.54, 1.807) is 12.1 Å². The van der Waals surface area contributed by atoms with Crippen LogP contribution in [0.4, 0.5) is 0 Å². The van der Waals surface area contributed by atoms with Gasteiger partial charge >= 0.3 is 0 Å². The molecule has 5 nitrogen and oxygen atoms in total. The van der Waals surface area contributed by atoms with Gasteiger partial charge in [-0.05, 0) is 31.0 Å². The van der Waals surface area contributed by atoms with Crippen molar-refractivity contribution in [3.63, 3.8) is 0 Å². The first-order valence-corrected chi connectivity index (χ1v) is 8.97. The van der Waals surface area contributed by atoms with Crippen LogP contribution in [0.2, 0.25) is 5.02 Å². The van der Waals surface area contributed by atoms with E-state index in [0.717, 1.165) is 18.4 Å². The van der Waals surface area contributed by atoms with Crippen molar-refractivity contribution in [3.05, 3.63) is 35.1 Å². The molecule has 1 saturated carbocycles. The second-order valence-corrected chi connectivity index (χ2v) is 7.14. The van der Waals surface area contributed by atoms with E-state index >= 15 is 0 Å². The van der Waals surface area contributed by atoms with Crippen LogP contribution in [0.25, 0.3) is 11.5 Å². The largest absolute Gasteiger partial charge is 0.339 e. The van der Waals surface area contributed by atoms with Gasteiger partial charge in [-0.3, -0.25) is 4.79 Å². The highest BCUT2D eigenvalue weighted by molar-refractivity contribution is 6.30. The molecular formula is C18H20ClN3O2. The lowest BCUT2D eigenvalue weighted by Crippen LogP contribution is -2.37. The normalized spacial score (nSPS) is 22.3. The van der Waals surface area contributed by atoms with Gasteiger partial charge in [0.15, 0.2) is 5.82 Å². The molecule has 2 aromatic rings. The smallest absolute Gasteiger partial charge is 0.257 e. The molecule has 2 fully saturated rings. The molecule has 2 aliphatic rings. The quantitative estimate of drug-likeness (QED) is 0.842. The fraction of sp³-hybridized carbons (Fsp3) is 0.500.